The number of rotatable bonds is 4. The van der Waals surface area contributed by atoms with Gasteiger partial charge in [-0.1, -0.05) is 24.3 Å². The van der Waals surface area contributed by atoms with Gasteiger partial charge in [-0.3, -0.25) is 0 Å². The Morgan fingerprint density at radius 3 is 2.74 bits per heavy atom. The topological polar surface area (TPSA) is 12.0 Å². The largest absolute Gasteiger partial charge is 0.305 e. The van der Waals surface area contributed by atoms with E-state index in [4.69, 9.17) is 0 Å². The van der Waals surface area contributed by atoms with E-state index in [1.165, 1.54) is 25.4 Å². The van der Waals surface area contributed by atoms with Crippen molar-refractivity contribution in [3.8, 4) is 0 Å². The van der Waals surface area contributed by atoms with E-state index in [-0.39, 0.29) is 0 Å². The van der Waals surface area contributed by atoms with Crippen LogP contribution in [0.5, 0.6) is 0 Å². The first-order valence-corrected chi connectivity index (χ1v) is 8.19. The maximum Gasteiger partial charge on any atom is 0.0392 e. The summed E-state index contributed by atoms with van der Waals surface area (Å²) < 4.78 is 1.39. The van der Waals surface area contributed by atoms with Crippen LogP contribution >= 0.6 is 22.7 Å². The Labute approximate surface area is 121 Å². The Kier molecular flexibility index (Phi) is 3.69. The average Bonchev–Trinajstić information content (AvgIpc) is 3.05. The molecule has 0 saturated carbocycles. The van der Waals surface area contributed by atoms with Gasteiger partial charge in [-0.2, -0.15) is 0 Å². The molecule has 1 nitrogen and oxygen atoms in total. The second kappa shape index (κ2) is 5.45. The molecule has 1 N–H and O–H groups in total. The minimum atomic E-state index is 0.402. The summed E-state index contributed by atoms with van der Waals surface area (Å²) in [5.74, 6) is 0. The zero-order valence-corrected chi connectivity index (χ0v) is 12.8. The average molecular weight is 287 g/mol. The van der Waals surface area contributed by atoms with Crippen LogP contribution in [0.4, 0.5) is 0 Å². The van der Waals surface area contributed by atoms with E-state index in [0.717, 1.165) is 6.54 Å². The monoisotopic (exact) mass is 287 g/mol. The molecule has 0 amide bonds. The summed E-state index contributed by atoms with van der Waals surface area (Å²) in [5, 5.41) is 7.15. The molecule has 0 aliphatic rings. The summed E-state index contributed by atoms with van der Waals surface area (Å²) in [7, 11) is 0. The molecule has 2 aromatic heterocycles. The van der Waals surface area contributed by atoms with Gasteiger partial charge in [0.15, 0.2) is 0 Å². The van der Waals surface area contributed by atoms with Crippen molar-refractivity contribution in [2.75, 3.05) is 0 Å². The van der Waals surface area contributed by atoms with Crippen LogP contribution in [-0.2, 0) is 6.54 Å². The molecule has 0 fully saturated rings. The number of nitrogens with one attached hydrogen (secondary N) is 1. The van der Waals surface area contributed by atoms with Crippen molar-refractivity contribution in [1.82, 2.24) is 5.32 Å². The van der Waals surface area contributed by atoms with Crippen LogP contribution in [-0.4, -0.2) is 0 Å². The molecule has 0 spiro atoms. The molecule has 0 saturated heterocycles. The summed E-state index contributed by atoms with van der Waals surface area (Å²) in [5.41, 5.74) is 1.42. The molecular formula is C16H17NS2. The maximum absolute atomic E-state index is 3.62. The lowest BCUT2D eigenvalue weighted by atomic mass is 10.1. The molecule has 1 aromatic carbocycles. The SMILES string of the molecule is Cc1c(C(C)NCc2cccs2)sc2ccccc12. The van der Waals surface area contributed by atoms with E-state index in [1.807, 2.05) is 22.7 Å². The van der Waals surface area contributed by atoms with Crippen molar-refractivity contribution in [3.63, 3.8) is 0 Å². The number of hydrogen-bond acceptors (Lipinski definition) is 3. The fourth-order valence-corrected chi connectivity index (χ4v) is 4.26. The smallest absolute Gasteiger partial charge is 0.0392 e. The minimum Gasteiger partial charge on any atom is -0.305 e. The quantitative estimate of drug-likeness (QED) is 0.702. The van der Waals surface area contributed by atoms with Crippen LogP contribution in [0, 0.1) is 6.92 Å². The van der Waals surface area contributed by atoms with Gasteiger partial charge in [-0.05, 0) is 42.3 Å². The summed E-state index contributed by atoms with van der Waals surface area (Å²) in [6, 6.07) is 13.4. The van der Waals surface area contributed by atoms with Gasteiger partial charge in [0, 0.05) is 27.0 Å². The van der Waals surface area contributed by atoms with Crippen molar-refractivity contribution in [1.29, 1.82) is 0 Å². The predicted octanol–water partition coefficient (Wildman–Crippen LogP) is 5.12. The Balaban J connectivity index is 1.81. The highest BCUT2D eigenvalue weighted by atomic mass is 32.1. The van der Waals surface area contributed by atoms with E-state index in [2.05, 4.69) is 60.9 Å². The van der Waals surface area contributed by atoms with Crippen molar-refractivity contribution in [3.05, 3.63) is 57.1 Å². The van der Waals surface area contributed by atoms with Gasteiger partial charge in [0.1, 0.15) is 0 Å². The van der Waals surface area contributed by atoms with Crippen LogP contribution in [0.25, 0.3) is 10.1 Å². The molecule has 0 radical (unpaired) electrons. The number of benzene rings is 1. The van der Waals surface area contributed by atoms with Gasteiger partial charge in [-0.25, -0.2) is 0 Å². The summed E-state index contributed by atoms with van der Waals surface area (Å²) >= 11 is 3.72. The number of thiophene rings is 2. The number of aryl methyl sites for hydroxylation is 1. The third-order valence-electron chi connectivity index (χ3n) is 3.44. The molecule has 3 aromatic rings. The minimum absolute atomic E-state index is 0.402. The van der Waals surface area contributed by atoms with Crippen molar-refractivity contribution >= 4 is 32.8 Å². The molecule has 0 bridgehead atoms. The van der Waals surface area contributed by atoms with Crippen LogP contribution in [0.2, 0.25) is 0 Å². The predicted molar refractivity (Wildman–Crippen MR) is 86.1 cm³/mol. The summed E-state index contributed by atoms with van der Waals surface area (Å²) in [6.07, 6.45) is 0. The third kappa shape index (κ3) is 2.59. The lowest BCUT2D eigenvalue weighted by Crippen LogP contribution is -2.17. The van der Waals surface area contributed by atoms with Gasteiger partial charge in [0.05, 0.1) is 0 Å². The first kappa shape index (κ1) is 12.9. The molecule has 98 valence electrons. The standard InChI is InChI=1S/C16H17NS2/c1-11-14-7-3-4-8-15(14)19-16(11)12(2)17-10-13-6-5-9-18-13/h3-9,12,17H,10H2,1-2H3. The molecule has 19 heavy (non-hydrogen) atoms. The van der Waals surface area contributed by atoms with E-state index >= 15 is 0 Å². The molecule has 3 rings (SSSR count). The summed E-state index contributed by atoms with van der Waals surface area (Å²) in [6.45, 7) is 5.44. The molecular weight excluding hydrogens is 270 g/mol. The molecule has 1 atom stereocenters. The second-order valence-corrected chi connectivity index (χ2v) is 6.89. The highest BCUT2D eigenvalue weighted by Crippen LogP contribution is 2.34. The normalized spacial score (nSPS) is 12.9. The van der Waals surface area contributed by atoms with Crippen molar-refractivity contribution in [2.24, 2.45) is 0 Å². The highest BCUT2D eigenvalue weighted by molar-refractivity contribution is 7.19. The van der Waals surface area contributed by atoms with Crippen molar-refractivity contribution in [2.45, 2.75) is 26.4 Å². The fraction of sp³-hybridized carbons (Fsp3) is 0.250. The first-order chi connectivity index (χ1) is 9.25. The van der Waals surface area contributed by atoms with Crippen LogP contribution in [0.1, 0.15) is 28.3 Å². The Morgan fingerprint density at radius 2 is 2.00 bits per heavy atom. The lowest BCUT2D eigenvalue weighted by molar-refractivity contribution is 0.585. The van der Waals surface area contributed by atoms with Crippen LogP contribution < -0.4 is 5.32 Å². The van der Waals surface area contributed by atoms with Crippen molar-refractivity contribution < 1.29 is 0 Å². The molecule has 2 heterocycles. The number of fused-ring (bicyclic) bond motifs is 1. The van der Waals surface area contributed by atoms with Gasteiger partial charge >= 0.3 is 0 Å². The zero-order valence-electron chi connectivity index (χ0n) is 11.1. The third-order valence-corrected chi connectivity index (χ3v) is 5.77. The van der Waals surface area contributed by atoms with E-state index < -0.39 is 0 Å². The maximum atomic E-state index is 3.62. The van der Waals surface area contributed by atoms with Gasteiger partial charge < -0.3 is 5.32 Å². The molecule has 3 heteroatoms. The van der Waals surface area contributed by atoms with Crippen LogP contribution in [0.3, 0.4) is 0 Å². The molecule has 1 unspecified atom stereocenters. The molecule has 0 aliphatic carbocycles. The Morgan fingerprint density at radius 1 is 1.16 bits per heavy atom. The van der Waals surface area contributed by atoms with Crippen LogP contribution in [0.15, 0.2) is 41.8 Å². The van der Waals surface area contributed by atoms with Gasteiger partial charge in [0.2, 0.25) is 0 Å². The Hall–Kier alpha value is -1.16. The number of hydrogen-bond donors (Lipinski definition) is 1. The second-order valence-electron chi connectivity index (χ2n) is 4.77. The van der Waals surface area contributed by atoms with Gasteiger partial charge in [0.25, 0.3) is 0 Å². The lowest BCUT2D eigenvalue weighted by Gasteiger charge is -2.12. The van der Waals surface area contributed by atoms with Gasteiger partial charge in [-0.15, -0.1) is 22.7 Å². The summed E-state index contributed by atoms with van der Waals surface area (Å²) in [4.78, 5) is 2.85. The fourth-order valence-electron chi connectivity index (χ4n) is 2.37. The zero-order chi connectivity index (χ0) is 13.2. The molecule has 0 aliphatic heterocycles. The van der Waals surface area contributed by atoms with E-state index in [0.29, 0.717) is 6.04 Å². The van der Waals surface area contributed by atoms with E-state index in [9.17, 15) is 0 Å². The first-order valence-electron chi connectivity index (χ1n) is 6.49. The Bertz CT molecular complexity index is 667. The van der Waals surface area contributed by atoms with E-state index in [1.54, 1.807) is 0 Å². The highest BCUT2D eigenvalue weighted by Gasteiger charge is 2.13.